The maximum atomic E-state index is 3.54. The molecular weight excluding hydrogens is 256 g/mol. The number of para-hydroxylation sites is 2. The summed E-state index contributed by atoms with van der Waals surface area (Å²) in [6.07, 6.45) is 4.40. The molecule has 2 nitrogen and oxygen atoms in total. The molecule has 0 fully saturated rings. The number of aromatic nitrogens is 2. The number of allylic oxidation sites excluding steroid dienone is 1. The summed E-state index contributed by atoms with van der Waals surface area (Å²) in [6.45, 7) is 5.33. The van der Waals surface area contributed by atoms with E-state index in [1.807, 2.05) is 6.07 Å². The molecule has 106 valence electrons. The van der Waals surface area contributed by atoms with Crippen LogP contribution in [-0.2, 0) is 6.54 Å². The van der Waals surface area contributed by atoms with Crippen LogP contribution in [0.4, 0.5) is 0 Å². The van der Waals surface area contributed by atoms with Crippen molar-refractivity contribution >= 4 is 17.1 Å². The number of nitrogens with zero attached hydrogens (tertiary/aromatic N) is 1. The van der Waals surface area contributed by atoms with Gasteiger partial charge < -0.3 is 0 Å². The minimum Gasteiger partial charge on any atom is -0.241 e. The topological polar surface area (TPSA) is 19.7 Å². The smallest absolute Gasteiger partial charge is 0.241 e. The Balaban J connectivity index is 1.92. The second kappa shape index (κ2) is 5.96. The Bertz CT molecular complexity index is 752. The van der Waals surface area contributed by atoms with Crippen molar-refractivity contribution in [3.8, 4) is 0 Å². The molecule has 0 aliphatic carbocycles. The zero-order valence-electron chi connectivity index (χ0n) is 12.6. The molecule has 1 aromatic heterocycles. The van der Waals surface area contributed by atoms with Gasteiger partial charge in [-0.15, -0.1) is 0 Å². The lowest BCUT2D eigenvalue weighted by Gasteiger charge is -2.01. The van der Waals surface area contributed by atoms with Gasteiger partial charge >= 0.3 is 0 Å². The van der Waals surface area contributed by atoms with Crippen LogP contribution < -0.4 is 4.57 Å². The van der Waals surface area contributed by atoms with Gasteiger partial charge in [0.1, 0.15) is 6.54 Å². The molecule has 0 aliphatic heterocycles. The fourth-order valence-corrected chi connectivity index (χ4v) is 2.66. The van der Waals surface area contributed by atoms with E-state index in [4.69, 9.17) is 0 Å². The fourth-order valence-electron chi connectivity index (χ4n) is 2.66. The van der Waals surface area contributed by atoms with E-state index >= 15 is 0 Å². The quantitative estimate of drug-likeness (QED) is 0.686. The van der Waals surface area contributed by atoms with Gasteiger partial charge in [0.15, 0.2) is 11.0 Å². The van der Waals surface area contributed by atoms with E-state index in [1.54, 1.807) is 0 Å². The summed E-state index contributed by atoms with van der Waals surface area (Å²) in [7, 11) is 0. The number of fused-ring (bicyclic) bond motifs is 1. The molecule has 0 atom stereocenters. The molecule has 3 aromatic rings. The lowest BCUT2D eigenvalue weighted by atomic mass is 10.2. The first kappa shape index (κ1) is 13.6. The van der Waals surface area contributed by atoms with Crippen molar-refractivity contribution in [3.63, 3.8) is 0 Å². The molecular formula is C19H21N2+. The largest absolute Gasteiger partial charge is 0.258 e. The first-order chi connectivity index (χ1) is 10.3. The van der Waals surface area contributed by atoms with Gasteiger partial charge in [-0.25, -0.2) is 9.55 Å². The Labute approximate surface area is 125 Å². The zero-order chi connectivity index (χ0) is 14.7. The highest BCUT2D eigenvalue weighted by atomic mass is 15.1. The minimum absolute atomic E-state index is 0.475. The van der Waals surface area contributed by atoms with Crippen LogP contribution in [0.25, 0.3) is 17.1 Å². The van der Waals surface area contributed by atoms with Gasteiger partial charge in [-0.1, -0.05) is 62.4 Å². The highest BCUT2D eigenvalue weighted by Crippen LogP contribution is 2.15. The summed E-state index contributed by atoms with van der Waals surface area (Å²) in [5, 5.41) is 0. The predicted octanol–water partition coefficient (Wildman–Crippen LogP) is 4.29. The second-order valence-corrected chi connectivity index (χ2v) is 5.61. The van der Waals surface area contributed by atoms with Crippen LogP contribution in [0.5, 0.6) is 0 Å². The second-order valence-electron chi connectivity index (χ2n) is 5.61. The Morgan fingerprint density at radius 2 is 1.71 bits per heavy atom. The molecule has 0 bridgehead atoms. The predicted molar refractivity (Wildman–Crippen MR) is 88.1 cm³/mol. The molecule has 0 amide bonds. The Morgan fingerprint density at radius 3 is 2.48 bits per heavy atom. The molecule has 0 aliphatic rings. The number of imidazole rings is 1. The number of aromatic amines is 1. The summed E-state index contributed by atoms with van der Waals surface area (Å²) in [6, 6.07) is 18.9. The SMILES string of the molecule is CC(C)c1[nH]c2ccccc2[n+]1CC=Cc1ccccc1. The van der Waals surface area contributed by atoms with Gasteiger partial charge in [0.25, 0.3) is 5.82 Å². The van der Waals surface area contributed by atoms with Gasteiger partial charge in [-0.2, -0.15) is 0 Å². The Kier molecular flexibility index (Phi) is 3.87. The number of H-pyrrole nitrogens is 1. The van der Waals surface area contributed by atoms with E-state index in [9.17, 15) is 0 Å². The van der Waals surface area contributed by atoms with Crippen molar-refractivity contribution in [3.05, 3.63) is 72.1 Å². The maximum Gasteiger partial charge on any atom is 0.258 e. The van der Waals surface area contributed by atoms with Crippen molar-refractivity contribution in [1.29, 1.82) is 0 Å². The molecule has 3 rings (SSSR count). The van der Waals surface area contributed by atoms with E-state index in [0.29, 0.717) is 5.92 Å². The third kappa shape index (κ3) is 2.89. The summed E-state index contributed by atoms with van der Waals surface area (Å²) in [5.41, 5.74) is 3.71. The number of hydrogen-bond acceptors (Lipinski definition) is 0. The van der Waals surface area contributed by atoms with Gasteiger partial charge in [0.2, 0.25) is 0 Å². The summed E-state index contributed by atoms with van der Waals surface area (Å²) in [5.74, 6) is 1.75. The molecule has 2 aromatic carbocycles. The molecule has 0 spiro atoms. The number of nitrogens with one attached hydrogen (secondary N) is 1. The number of benzene rings is 2. The highest BCUT2D eigenvalue weighted by Gasteiger charge is 2.19. The van der Waals surface area contributed by atoms with Crippen molar-refractivity contribution in [2.45, 2.75) is 26.3 Å². The molecule has 1 heterocycles. The third-order valence-corrected chi connectivity index (χ3v) is 3.69. The van der Waals surface area contributed by atoms with Crippen LogP contribution in [0, 0.1) is 0 Å². The van der Waals surface area contributed by atoms with Crippen molar-refractivity contribution in [1.82, 2.24) is 4.98 Å². The van der Waals surface area contributed by atoms with E-state index in [-0.39, 0.29) is 0 Å². The van der Waals surface area contributed by atoms with Crippen LogP contribution in [0.2, 0.25) is 0 Å². The van der Waals surface area contributed by atoms with Crippen molar-refractivity contribution in [2.75, 3.05) is 0 Å². The summed E-state index contributed by atoms with van der Waals surface area (Å²) in [4.78, 5) is 3.54. The number of hydrogen-bond donors (Lipinski definition) is 1. The van der Waals surface area contributed by atoms with Gasteiger partial charge in [-0.3, -0.25) is 0 Å². The van der Waals surface area contributed by atoms with Crippen LogP contribution in [0.1, 0.15) is 31.2 Å². The van der Waals surface area contributed by atoms with Crippen LogP contribution in [0.15, 0.2) is 60.7 Å². The maximum absolute atomic E-state index is 3.54. The normalized spacial score (nSPS) is 11.8. The average molecular weight is 277 g/mol. The van der Waals surface area contributed by atoms with Crippen molar-refractivity contribution < 1.29 is 4.57 Å². The highest BCUT2D eigenvalue weighted by molar-refractivity contribution is 5.71. The Morgan fingerprint density at radius 1 is 1.00 bits per heavy atom. The molecule has 1 N–H and O–H groups in total. The first-order valence-corrected chi connectivity index (χ1v) is 7.48. The van der Waals surface area contributed by atoms with Crippen LogP contribution in [0.3, 0.4) is 0 Å². The minimum atomic E-state index is 0.475. The van der Waals surface area contributed by atoms with Gasteiger partial charge in [0.05, 0.1) is 5.92 Å². The molecule has 0 saturated heterocycles. The van der Waals surface area contributed by atoms with Crippen molar-refractivity contribution in [2.24, 2.45) is 0 Å². The van der Waals surface area contributed by atoms with E-state index < -0.39 is 0 Å². The van der Waals surface area contributed by atoms with E-state index in [0.717, 1.165) is 6.54 Å². The van der Waals surface area contributed by atoms with E-state index in [1.165, 1.54) is 22.4 Å². The molecule has 0 saturated carbocycles. The average Bonchev–Trinajstić information content (AvgIpc) is 2.88. The standard InChI is InChI=1S/C19H20N2/c1-15(2)19-20-17-12-6-7-13-18(17)21(19)14-8-11-16-9-4-3-5-10-16/h3-13,15H,14H2,1-2H3/p+1. The first-order valence-electron chi connectivity index (χ1n) is 7.48. The zero-order valence-corrected chi connectivity index (χ0v) is 12.6. The third-order valence-electron chi connectivity index (χ3n) is 3.69. The lowest BCUT2D eigenvalue weighted by Crippen LogP contribution is -2.36. The van der Waals surface area contributed by atoms with Gasteiger partial charge in [0, 0.05) is 0 Å². The monoisotopic (exact) mass is 277 g/mol. The number of rotatable bonds is 4. The fraction of sp³-hybridized carbons (Fsp3) is 0.211. The summed E-state index contributed by atoms with van der Waals surface area (Å²) >= 11 is 0. The van der Waals surface area contributed by atoms with E-state index in [2.05, 4.69) is 84.1 Å². The van der Waals surface area contributed by atoms with Crippen LogP contribution in [-0.4, -0.2) is 4.98 Å². The Hall–Kier alpha value is -2.35. The molecule has 2 heteroatoms. The molecule has 0 radical (unpaired) electrons. The summed E-state index contributed by atoms with van der Waals surface area (Å²) < 4.78 is 2.36. The van der Waals surface area contributed by atoms with Crippen LogP contribution >= 0.6 is 0 Å². The molecule has 0 unspecified atom stereocenters. The lowest BCUT2D eigenvalue weighted by molar-refractivity contribution is -0.669. The molecule has 21 heavy (non-hydrogen) atoms. The van der Waals surface area contributed by atoms with Gasteiger partial charge in [-0.05, 0) is 23.8 Å².